The molecule has 4 nitrogen and oxygen atoms in total. The average Bonchev–Trinajstić information content (AvgIpc) is 3.39. The number of carbonyl (C=O) groups is 1. The summed E-state index contributed by atoms with van der Waals surface area (Å²) in [7, 11) is 0. The molecule has 0 saturated carbocycles. The summed E-state index contributed by atoms with van der Waals surface area (Å²) in [4.78, 5) is 15.6. The second-order valence-corrected chi connectivity index (χ2v) is 12.6. The van der Waals surface area contributed by atoms with E-state index in [1.165, 1.54) is 93.9 Å². The van der Waals surface area contributed by atoms with Gasteiger partial charge in [0, 0.05) is 18.2 Å². The van der Waals surface area contributed by atoms with E-state index in [2.05, 4.69) is 54.4 Å². The number of aromatic nitrogens is 1. The van der Waals surface area contributed by atoms with E-state index in [4.69, 9.17) is 4.74 Å². The van der Waals surface area contributed by atoms with Gasteiger partial charge in [0.15, 0.2) is 12.7 Å². The molecule has 3 aromatic rings. The fourth-order valence-electron chi connectivity index (χ4n) is 5.26. The minimum atomic E-state index is 0.0405. The molecule has 0 fully saturated rings. The summed E-state index contributed by atoms with van der Waals surface area (Å²) in [5.74, 6) is 0.946. The van der Waals surface area contributed by atoms with Gasteiger partial charge in [-0.15, -0.1) is 0 Å². The maximum atomic E-state index is 12.5. The highest BCUT2D eigenvalue weighted by Crippen LogP contribution is 2.21. The maximum absolute atomic E-state index is 12.5. The molecule has 5 heteroatoms. The Hall–Kier alpha value is -2.66. The monoisotopic (exact) mass is 577 g/mol. The molecule has 0 aliphatic carbocycles. The Kier molecular flexibility index (Phi) is 15.6. The molecule has 0 aliphatic rings. The number of hydrogen-bond acceptors (Lipinski definition) is 3. The lowest BCUT2D eigenvalue weighted by atomic mass is 10.0. The molecule has 0 spiro atoms. The van der Waals surface area contributed by atoms with Crippen molar-refractivity contribution in [1.29, 1.82) is 0 Å². The number of amides is 1. The summed E-state index contributed by atoms with van der Waals surface area (Å²) >= 11 is 1.75. The van der Waals surface area contributed by atoms with Crippen LogP contribution in [-0.4, -0.2) is 12.5 Å². The molecule has 224 valence electrons. The fraction of sp³-hybridized carbons (Fsp3) is 0.556. The summed E-state index contributed by atoms with van der Waals surface area (Å²) in [5, 5.41) is 0. The molecule has 0 aliphatic heterocycles. The minimum Gasteiger partial charge on any atom is -0.494 e. The maximum Gasteiger partial charge on any atom is 0.225 e. The summed E-state index contributed by atoms with van der Waals surface area (Å²) < 4.78 is 8.18. The Morgan fingerprint density at radius 1 is 0.756 bits per heavy atom. The first-order valence-electron chi connectivity index (χ1n) is 16.1. The second-order valence-electron chi connectivity index (χ2n) is 11.5. The van der Waals surface area contributed by atoms with Gasteiger partial charge in [-0.1, -0.05) is 126 Å². The molecule has 0 unspecified atom stereocenters. The van der Waals surface area contributed by atoms with Gasteiger partial charge in [-0.05, 0) is 43.2 Å². The number of hydrogen-bond donors (Lipinski definition) is 0. The topological polar surface area (TPSA) is 33.4 Å². The number of carbonyl (C=O) groups excluding carboxylic acids is 1. The van der Waals surface area contributed by atoms with E-state index >= 15 is 0 Å². The van der Waals surface area contributed by atoms with Crippen molar-refractivity contribution in [3.63, 3.8) is 0 Å². The van der Waals surface area contributed by atoms with Crippen molar-refractivity contribution in [2.75, 3.05) is 11.5 Å². The van der Waals surface area contributed by atoms with Gasteiger partial charge in [0.05, 0.1) is 18.0 Å². The number of nitrogens with zero attached hydrogens (tertiary/aromatic N) is 2. The van der Waals surface area contributed by atoms with Gasteiger partial charge in [-0.2, -0.15) is 4.57 Å². The molecule has 41 heavy (non-hydrogen) atoms. The van der Waals surface area contributed by atoms with Crippen LogP contribution in [0.3, 0.4) is 0 Å². The minimum absolute atomic E-state index is 0.0405. The van der Waals surface area contributed by atoms with Crippen LogP contribution in [0.2, 0.25) is 0 Å². The smallest absolute Gasteiger partial charge is 0.225 e. The predicted molar refractivity (Wildman–Crippen MR) is 174 cm³/mol. The van der Waals surface area contributed by atoms with E-state index in [-0.39, 0.29) is 5.91 Å². The standard InChI is InChI=1S/C36H53N2O2S/c1-4-5-6-7-8-9-10-11-12-13-14-15-16-17-26-40-36-24-20-34(21-25-36)29-38(32(3)39)35-22-18-33(19-23-35)28-37-27-31(2)41-30-37/h18-25,27,30H,4-17,26,28-29H2,1-3H3/q+1. The van der Waals surface area contributed by atoms with Gasteiger partial charge in [0.25, 0.3) is 0 Å². The molecule has 0 saturated heterocycles. The third-order valence-electron chi connectivity index (χ3n) is 7.75. The summed E-state index contributed by atoms with van der Waals surface area (Å²) in [6, 6.07) is 16.5. The zero-order chi connectivity index (χ0) is 29.1. The van der Waals surface area contributed by atoms with Crippen LogP contribution in [0.4, 0.5) is 5.69 Å². The van der Waals surface area contributed by atoms with Gasteiger partial charge < -0.3 is 9.64 Å². The van der Waals surface area contributed by atoms with E-state index in [1.54, 1.807) is 18.3 Å². The van der Waals surface area contributed by atoms with E-state index in [9.17, 15) is 4.79 Å². The van der Waals surface area contributed by atoms with Gasteiger partial charge in [0.2, 0.25) is 11.4 Å². The van der Waals surface area contributed by atoms with E-state index in [0.717, 1.165) is 36.6 Å². The van der Waals surface area contributed by atoms with Crippen molar-refractivity contribution in [2.24, 2.45) is 0 Å². The number of thiazole rings is 1. The number of unbranched alkanes of at least 4 members (excludes halogenated alkanes) is 13. The van der Waals surface area contributed by atoms with Gasteiger partial charge in [-0.3, -0.25) is 4.79 Å². The molecule has 0 atom stereocenters. The highest BCUT2D eigenvalue weighted by Gasteiger charge is 2.13. The Balaban J connectivity index is 1.28. The molecule has 2 aromatic carbocycles. The first kappa shape index (κ1) is 32.8. The van der Waals surface area contributed by atoms with E-state index in [1.807, 2.05) is 29.2 Å². The van der Waals surface area contributed by atoms with Gasteiger partial charge in [-0.25, -0.2) is 0 Å². The molecule has 1 heterocycles. The average molecular weight is 578 g/mol. The fourth-order valence-corrected chi connectivity index (χ4v) is 5.90. The summed E-state index contributed by atoms with van der Waals surface area (Å²) in [5.41, 5.74) is 5.38. The lowest BCUT2D eigenvalue weighted by molar-refractivity contribution is -0.683. The number of benzene rings is 2. The lowest BCUT2D eigenvalue weighted by Crippen LogP contribution is -2.31. The van der Waals surface area contributed by atoms with Crippen LogP contribution >= 0.6 is 11.3 Å². The van der Waals surface area contributed by atoms with Crippen molar-refractivity contribution < 1.29 is 14.1 Å². The highest BCUT2D eigenvalue weighted by molar-refractivity contribution is 7.09. The highest BCUT2D eigenvalue weighted by atomic mass is 32.1. The van der Waals surface area contributed by atoms with Gasteiger partial charge in [0.1, 0.15) is 5.75 Å². The molecule has 0 radical (unpaired) electrons. The molecule has 3 rings (SSSR count). The molecule has 1 aromatic heterocycles. The van der Waals surface area contributed by atoms with Crippen molar-refractivity contribution in [3.05, 3.63) is 76.2 Å². The first-order valence-corrected chi connectivity index (χ1v) is 17.0. The molecular formula is C36H53N2O2S+. The van der Waals surface area contributed by atoms with Crippen LogP contribution in [0, 0.1) is 6.92 Å². The van der Waals surface area contributed by atoms with Crippen LogP contribution in [-0.2, 0) is 17.9 Å². The van der Waals surface area contributed by atoms with Crippen LogP contribution in [0.15, 0.2) is 60.2 Å². The Morgan fingerprint density at radius 2 is 1.29 bits per heavy atom. The third-order valence-corrected chi connectivity index (χ3v) is 8.60. The van der Waals surface area contributed by atoms with Crippen molar-refractivity contribution in [1.82, 2.24) is 0 Å². The van der Waals surface area contributed by atoms with E-state index < -0.39 is 0 Å². The predicted octanol–water partition coefficient (Wildman–Crippen LogP) is 9.81. The molecule has 0 N–H and O–H groups in total. The zero-order valence-corrected chi connectivity index (χ0v) is 26.7. The Bertz CT molecular complexity index is 1110. The Morgan fingerprint density at radius 3 is 1.80 bits per heavy atom. The normalized spacial score (nSPS) is 11.1. The summed E-state index contributed by atoms with van der Waals surface area (Å²) in [6.07, 6.45) is 21.3. The largest absolute Gasteiger partial charge is 0.494 e. The molecule has 1 amide bonds. The van der Waals surface area contributed by atoms with Gasteiger partial charge >= 0.3 is 0 Å². The number of ether oxygens (including phenoxy) is 1. The Labute approximate surface area is 253 Å². The number of anilines is 1. The van der Waals surface area contributed by atoms with E-state index in [0.29, 0.717) is 6.54 Å². The van der Waals surface area contributed by atoms with Crippen LogP contribution in [0.5, 0.6) is 5.75 Å². The first-order chi connectivity index (χ1) is 20.0. The SMILES string of the molecule is CCCCCCCCCCCCCCCCOc1ccc(CN(C(C)=O)c2ccc(C[n+]3csc(C)c3)cc2)cc1. The third kappa shape index (κ3) is 13.2. The van der Waals surface area contributed by atoms with Crippen LogP contribution in [0.1, 0.15) is 120 Å². The van der Waals surface area contributed by atoms with Crippen molar-refractivity contribution in [2.45, 2.75) is 124 Å². The molecular weight excluding hydrogens is 524 g/mol. The zero-order valence-electron chi connectivity index (χ0n) is 25.9. The quantitative estimate of drug-likeness (QED) is 0.0932. The number of rotatable bonds is 21. The lowest BCUT2D eigenvalue weighted by Gasteiger charge is -2.21. The molecule has 0 bridgehead atoms. The number of aryl methyl sites for hydroxylation is 1. The van der Waals surface area contributed by atoms with Crippen molar-refractivity contribution >= 4 is 22.9 Å². The van der Waals surface area contributed by atoms with Crippen LogP contribution < -0.4 is 14.2 Å². The summed E-state index contributed by atoms with van der Waals surface area (Å²) in [6.45, 7) is 8.19. The second kappa shape index (κ2) is 19.5. The van der Waals surface area contributed by atoms with Crippen LogP contribution in [0.25, 0.3) is 0 Å². The van der Waals surface area contributed by atoms with Crippen molar-refractivity contribution in [3.8, 4) is 5.75 Å².